The Morgan fingerprint density at radius 2 is 1.92 bits per heavy atom. The highest BCUT2D eigenvalue weighted by molar-refractivity contribution is 5.79. The smallest absolute Gasteiger partial charge is 0.380 e. The predicted molar refractivity (Wildman–Crippen MR) is 88.1 cm³/mol. The van der Waals surface area contributed by atoms with E-state index in [1.165, 1.54) is 6.92 Å². The number of fused-ring (bicyclic) bond motifs is 2. The molecular formula is C18H24F2N2O3. The van der Waals surface area contributed by atoms with E-state index in [-0.39, 0.29) is 19.7 Å². The monoisotopic (exact) mass is 354 g/mol. The van der Waals surface area contributed by atoms with Crippen molar-refractivity contribution >= 4 is 5.97 Å². The number of aliphatic hydroxyl groups is 1. The third kappa shape index (κ3) is 3.16. The van der Waals surface area contributed by atoms with Gasteiger partial charge in [0, 0.05) is 44.6 Å². The fourth-order valence-corrected chi connectivity index (χ4v) is 4.05. The third-order valence-electron chi connectivity index (χ3n) is 5.27. The topological polar surface area (TPSA) is 61.8 Å². The molecule has 138 valence electrons. The molecule has 0 spiro atoms. The summed E-state index contributed by atoms with van der Waals surface area (Å²) in [6.45, 7) is 3.05. The van der Waals surface area contributed by atoms with E-state index in [1.54, 1.807) is 0 Å². The number of hydrogen-bond donors (Lipinski definition) is 2. The second kappa shape index (κ2) is 6.97. The minimum absolute atomic E-state index is 0.141. The zero-order chi connectivity index (χ0) is 18.1. The number of piperidine rings is 2. The molecule has 2 N–H and O–H groups in total. The summed E-state index contributed by atoms with van der Waals surface area (Å²) < 4.78 is 34.1. The van der Waals surface area contributed by atoms with Crippen LogP contribution in [0.5, 0.6) is 0 Å². The van der Waals surface area contributed by atoms with Gasteiger partial charge in [0.1, 0.15) is 5.60 Å². The molecule has 3 rings (SSSR count). The van der Waals surface area contributed by atoms with Gasteiger partial charge in [-0.3, -0.25) is 4.90 Å². The van der Waals surface area contributed by atoms with Crippen LogP contribution in [0.3, 0.4) is 0 Å². The van der Waals surface area contributed by atoms with Gasteiger partial charge in [-0.25, -0.2) is 4.79 Å². The summed E-state index contributed by atoms with van der Waals surface area (Å²) in [5.41, 5.74) is -1.28. The molecule has 0 radical (unpaired) electrons. The molecule has 2 bridgehead atoms. The number of rotatable bonds is 5. The lowest BCUT2D eigenvalue weighted by Gasteiger charge is -2.54. The average Bonchev–Trinajstić information content (AvgIpc) is 2.57. The molecule has 0 saturated carbocycles. The van der Waals surface area contributed by atoms with Crippen molar-refractivity contribution in [1.82, 2.24) is 10.2 Å². The molecule has 1 aromatic rings. The van der Waals surface area contributed by atoms with Crippen molar-refractivity contribution in [2.45, 2.75) is 25.0 Å². The van der Waals surface area contributed by atoms with Crippen LogP contribution in [0, 0.1) is 11.8 Å². The molecule has 2 atom stereocenters. The van der Waals surface area contributed by atoms with Gasteiger partial charge in [0.2, 0.25) is 0 Å². The largest absolute Gasteiger partial charge is 0.461 e. The SMILES string of the molecule is CCOC(=O)C(F)(F)C1(O)C2CNCC1CN(Cc1ccccc1)C2. The summed E-state index contributed by atoms with van der Waals surface area (Å²) in [5, 5.41) is 14.0. The van der Waals surface area contributed by atoms with Gasteiger partial charge >= 0.3 is 11.9 Å². The summed E-state index contributed by atoms with van der Waals surface area (Å²) in [6, 6.07) is 9.78. The maximum atomic E-state index is 14.8. The Balaban J connectivity index is 1.81. The average molecular weight is 354 g/mol. The van der Waals surface area contributed by atoms with Gasteiger partial charge in [0.05, 0.1) is 6.61 Å². The van der Waals surface area contributed by atoms with E-state index in [1.807, 2.05) is 30.3 Å². The lowest BCUT2D eigenvalue weighted by molar-refractivity contribution is -0.263. The molecule has 2 unspecified atom stereocenters. The third-order valence-corrected chi connectivity index (χ3v) is 5.27. The second-order valence-corrected chi connectivity index (χ2v) is 6.85. The first-order valence-electron chi connectivity index (χ1n) is 8.64. The first-order chi connectivity index (χ1) is 11.9. The zero-order valence-electron chi connectivity index (χ0n) is 14.3. The highest BCUT2D eigenvalue weighted by atomic mass is 19.3. The van der Waals surface area contributed by atoms with Crippen molar-refractivity contribution in [2.24, 2.45) is 11.8 Å². The minimum atomic E-state index is -3.92. The van der Waals surface area contributed by atoms with E-state index >= 15 is 0 Å². The van der Waals surface area contributed by atoms with E-state index in [4.69, 9.17) is 0 Å². The van der Waals surface area contributed by atoms with Gasteiger partial charge in [0.25, 0.3) is 0 Å². The maximum Gasteiger partial charge on any atom is 0.380 e. The Bertz CT molecular complexity index is 598. The van der Waals surface area contributed by atoms with E-state index < -0.39 is 29.3 Å². The van der Waals surface area contributed by atoms with Gasteiger partial charge in [-0.1, -0.05) is 30.3 Å². The van der Waals surface area contributed by atoms with E-state index in [0.717, 1.165) is 5.56 Å². The number of likely N-dealkylation sites (tertiary alicyclic amines) is 1. The normalized spacial score (nSPS) is 30.1. The van der Waals surface area contributed by atoms with Crippen molar-refractivity contribution in [2.75, 3.05) is 32.8 Å². The van der Waals surface area contributed by atoms with Crippen LogP contribution in [0.15, 0.2) is 30.3 Å². The highest BCUT2D eigenvalue weighted by Crippen LogP contribution is 2.46. The van der Waals surface area contributed by atoms with Crippen LogP contribution in [-0.4, -0.2) is 60.3 Å². The number of nitrogens with one attached hydrogen (secondary N) is 1. The van der Waals surface area contributed by atoms with Gasteiger partial charge in [0.15, 0.2) is 0 Å². The van der Waals surface area contributed by atoms with E-state index in [2.05, 4.69) is 15.0 Å². The number of ether oxygens (including phenoxy) is 1. The van der Waals surface area contributed by atoms with Crippen LogP contribution in [-0.2, 0) is 16.1 Å². The molecule has 2 saturated heterocycles. The van der Waals surface area contributed by atoms with Gasteiger partial charge in [-0.2, -0.15) is 8.78 Å². The Morgan fingerprint density at radius 1 is 1.32 bits per heavy atom. The van der Waals surface area contributed by atoms with Crippen LogP contribution in [0.4, 0.5) is 8.78 Å². The zero-order valence-corrected chi connectivity index (χ0v) is 14.3. The van der Waals surface area contributed by atoms with Crippen LogP contribution < -0.4 is 5.32 Å². The molecule has 0 amide bonds. The number of carbonyl (C=O) groups excluding carboxylic acids is 1. The fourth-order valence-electron chi connectivity index (χ4n) is 4.05. The highest BCUT2D eigenvalue weighted by Gasteiger charge is 2.68. The molecule has 5 nitrogen and oxygen atoms in total. The predicted octanol–water partition coefficient (Wildman–Crippen LogP) is 1.27. The minimum Gasteiger partial charge on any atom is -0.461 e. The second-order valence-electron chi connectivity index (χ2n) is 6.85. The molecule has 2 aliphatic rings. The number of esters is 1. The standard InChI is InChI=1S/C18H24F2N2O3/c1-2-25-16(23)18(19,20)17(24)14-8-21-9-15(17)12-22(11-14)10-13-6-4-3-5-7-13/h3-7,14-15,21,24H,2,8-12H2,1H3. The van der Waals surface area contributed by atoms with Crippen molar-refractivity contribution in [1.29, 1.82) is 0 Å². The molecular weight excluding hydrogens is 330 g/mol. The lowest BCUT2D eigenvalue weighted by Crippen LogP contribution is -2.74. The fraction of sp³-hybridized carbons (Fsp3) is 0.611. The van der Waals surface area contributed by atoms with Crippen LogP contribution in [0.2, 0.25) is 0 Å². The summed E-state index contributed by atoms with van der Waals surface area (Å²) >= 11 is 0. The number of halogens is 2. The molecule has 0 aromatic heterocycles. The Labute approximate surface area is 146 Å². The van der Waals surface area contributed by atoms with Gasteiger partial charge in [-0.05, 0) is 12.5 Å². The quantitative estimate of drug-likeness (QED) is 0.780. The first kappa shape index (κ1) is 18.2. The molecule has 7 heteroatoms. The number of benzene rings is 1. The summed E-state index contributed by atoms with van der Waals surface area (Å²) in [7, 11) is 0. The number of carbonyl (C=O) groups is 1. The summed E-state index contributed by atoms with van der Waals surface area (Å²) in [5.74, 6) is -7.05. The molecule has 2 aliphatic heterocycles. The van der Waals surface area contributed by atoms with Gasteiger partial charge < -0.3 is 15.2 Å². The van der Waals surface area contributed by atoms with Crippen LogP contribution in [0.25, 0.3) is 0 Å². The van der Waals surface area contributed by atoms with Gasteiger partial charge in [-0.15, -0.1) is 0 Å². The first-order valence-corrected chi connectivity index (χ1v) is 8.64. The Kier molecular flexibility index (Phi) is 5.09. The summed E-state index contributed by atoms with van der Waals surface area (Å²) in [4.78, 5) is 13.9. The Morgan fingerprint density at radius 3 is 2.48 bits per heavy atom. The number of nitrogens with zero attached hydrogens (tertiary/aromatic N) is 1. The van der Waals surface area contributed by atoms with E-state index in [9.17, 15) is 18.7 Å². The molecule has 2 heterocycles. The molecule has 1 aromatic carbocycles. The van der Waals surface area contributed by atoms with Crippen molar-refractivity contribution in [3.05, 3.63) is 35.9 Å². The van der Waals surface area contributed by atoms with E-state index in [0.29, 0.717) is 19.6 Å². The Hall–Kier alpha value is -1.57. The lowest BCUT2D eigenvalue weighted by atomic mass is 9.67. The van der Waals surface area contributed by atoms with Crippen molar-refractivity contribution in [3.8, 4) is 0 Å². The van der Waals surface area contributed by atoms with Crippen LogP contribution >= 0.6 is 0 Å². The van der Waals surface area contributed by atoms with Crippen molar-refractivity contribution < 1.29 is 23.4 Å². The summed E-state index contributed by atoms with van der Waals surface area (Å²) in [6.07, 6.45) is 0. The number of hydrogen-bond acceptors (Lipinski definition) is 5. The van der Waals surface area contributed by atoms with Crippen molar-refractivity contribution in [3.63, 3.8) is 0 Å². The maximum absolute atomic E-state index is 14.8. The molecule has 25 heavy (non-hydrogen) atoms. The molecule has 0 aliphatic carbocycles. The van der Waals surface area contributed by atoms with Crippen LogP contribution in [0.1, 0.15) is 12.5 Å². The number of alkyl halides is 2. The molecule has 2 fully saturated rings.